The first-order valence-corrected chi connectivity index (χ1v) is 7.38. The number of anilines is 2. The molecule has 0 atom stereocenters. The zero-order chi connectivity index (χ0) is 14.7. The van der Waals surface area contributed by atoms with Gasteiger partial charge in [0.05, 0.1) is 0 Å². The Hall–Kier alpha value is -2.14. The summed E-state index contributed by atoms with van der Waals surface area (Å²) in [5.41, 5.74) is 3.72. The van der Waals surface area contributed by atoms with Gasteiger partial charge in [0, 0.05) is 17.2 Å². The highest BCUT2D eigenvalue weighted by Crippen LogP contribution is 2.32. The highest BCUT2D eigenvalue weighted by atomic mass is 15.3. The van der Waals surface area contributed by atoms with Gasteiger partial charge in [-0.2, -0.15) is 0 Å². The molecule has 21 heavy (non-hydrogen) atoms. The number of hydrogen-bond donors (Lipinski definition) is 3. The molecule has 0 bridgehead atoms. The second kappa shape index (κ2) is 5.69. The van der Waals surface area contributed by atoms with Gasteiger partial charge < -0.3 is 10.7 Å². The number of nitrogens with two attached hydrogens (primary N) is 1. The van der Waals surface area contributed by atoms with Gasteiger partial charge in [-0.25, -0.2) is 15.8 Å². The molecule has 1 aromatic carbocycles. The first kappa shape index (κ1) is 13.8. The van der Waals surface area contributed by atoms with Crippen LogP contribution in [-0.4, -0.2) is 15.5 Å². The molecule has 1 saturated carbocycles. The van der Waals surface area contributed by atoms with Crippen molar-refractivity contribution in [2.45, 2.75) is 38.1 Å². The number of nitrogens with one attached hydrogen (secondary N) is 2. The van der Waals surface area contributed by atoms with Crippen LogP contribution in [0.3, 0.4) is 0 Å². The lowest BCUT2D eigenvalue weighted by molar-refractivity contribution is 0.531. The Labute approximate surface area is 125 Å². The summed E-state index contributed by atoms with van der Waals surface area (Å²) in [6.07, 6.45) is 4.87. The summed E-state index contributed by atoms with van der Waals surface area (Å²) in [6, 6.07) is 11.8. The third-order valence-corrected chi connectivity index (χ3v) is 4.04. The van der Waals surface area contributed by atoms with E-state index < -0.39 is 0 Å². The molecular formula is C16H21N5. The normalized spacial score (nSPS) is 16.7. The van der Waals surface area contributed by atoms with Gasteiger partial charge in [0.25, 0.3) is 0 Å². The monoisotopic (exact) mass is 283 g/mol. The van der Waals surface area contributed by atoms with E-state index in [0.717, 1.165) is 11.4 Å². The fraction of sp³-hybridized carbons (Fsp3) is 0.375. The molecule has 1 aromatic heterocycles. The zero-order valence-corrected chi connectivity index (χ0v) is 12.3. The van der Waals surface area contributed by atoms with Crippen molar-refractivity contribution in [3.8, 4) is 11.4 Å². The average Bonchev–Trinajstić information content (AvgIpc) is 2.94. The minimum absolute atomic E-state index is 0.119. The van der Waals surface area contributed by atoms with E-state index in [1.165, 1.54) is 25.7 Å². The molecular weight excluding hydrogens is 262 g/mol. The van der Waals surface area contributed by atoms with Crippen LogP contribution in [0.5, 0.6) is 0 Å². The first-order chi connectivity index (χ1) is 10.2. The SMILES string of the molecule is CC1(Nc2cc(NN)nc(-c3ccccc3)n2)CCCC1. The van der Waals surface area contributed by atoms with Crippen molar-refractivity contribution in [1.29, 1.82) is 0 Å². The Bertz CT molecular complexity index is 605. The Morgan fingerprint density at radius 1 is 1.05 bits per heavy atom. The van der Waals surface area contributed by atoms with Crippen molar-refractivity contribution in [3.05, 3.63) is 36.4 Å². The lowest BCUT2D eigenvalue weighted by Crippen LogP contribution is -2.31. The van der Waals surface area contributed by atoms with E-state index in [1.54, 1.807) is 0 Å². The molecule has 3 rings (SSSR count). The number of aromatic nitrogens is 2. The van der Waals surface area contributed by atoms with E-state index in [0.29, 0.717) is 11.6 Å². The maximum atomic E-state index is 5.54. The number of hydrazine groups is 1. The van der Waals surface area contributed by atoms with Gasteiger partial charge in [-0.15, -0.1) is 0 Å². The number of rotatable bonds is 4. The molecule has 0 radical (unpaired) electrons. The fourth-order valence-corrected chi connectivity index (χ4v) is 2.89. The van der Waals surface area contributed by atoms with Crippen LogP contribution in [0, 0.1) is 0 Å². The molecule has 0 spiro atoms. The summed E-state index contributed by atoms with van der Waals surface area (Å²) < 4.78 is 0. The van der Waals surface area contributed by atoms with Crippen LogP contribution in [0.2, 0.25) is 0 Å². The Kier molecular flexibility index (Phi) is 3.75. The standard InChI is InChI=1S/C16H21N5/c1-16(9-5-6-10-16)20-13-11-14(21-17)19-15(18-13)12-7-3-2-4-8-12/h2-4,7-8,11H,5-6,9-10,17H2,1H3,(H2,18,19,20,21). The molecule has 5 nitrogen and oxygen atoms in total. The lowest BCUT2D eigenvalue weighted by atomic mass is 10.0. The Morgan fingerprint density at radius 3 is 2.38 bits per heavy atom. The van der Waals surface area contributed by atoms with Crippen molar-refractivity contribution < 1.29 is 0 Å². The van der Waals surface area contributed by atoms with Crippen molar-refractivity contribution in [3.63, 3.8) is 0 Å². The minimum Gasteiger partial charge on any atom is -0.365 e. The van der Waals surface area contributed by atoms with Crippen LogP contribution in [-0.2, 0) is 0 Å². The summed E-state index contributed by atoms with van der Waals surface area (Å²) in [4.78, 5) is 9.07. The van der Waals surface area contributed by atoms with Crippen molar-refractivity contribution in [2.75, 3.05) is 10.7 Å². The van der Waals surface area contributed by atoms with E-state index in [1.807, 2.05) is 36.4 Å². The third-order valence-electron chi connectivity index (χ3n) is 4.04. The largest absolute Gasteiger partial charge is 0.365 e. The van der Waals surface area contributed by atoms with E-state index in [2.05, 4.69) is 27.6 Å². The van der Waals surface area contributed by atoms with Crippen LogP contribution >= 0.6 is 0 Å². The maximum Gasteiger partial charge on any atom is 0.163 e. The Balaban J connectivity index is 1.93. The van der Waals surface area contributed by atoms with Gasteiger partial charge in [-0.05, 0) is 19.8 Å². The molecule has 0 amide bonds. The van der Waals surface area contributed by atoms with Crippen LogP contribution < -0.4 is 16.6 Å². The van der Waals surface area contributed by atoms with E-state index in [4.69, 9.17) is 5.84 Å². The van der Waals surface area contributed by atoms with E-state index >= 15 is 0 Å². The molecule has 0 aliphatic heterocycles. The van der Waals surface area contributed by atoms with Crippen molar-refractivity contribution in [2.24, 2.45) is 5.84 Å². The van der Waals surface area contributed by atoms with E-state index in [9.17, 15) is 0 Å². The first-order valence-electron chi connectivity index (χ1n) is 7.38. The third kappa shape index (κ3) is 3.13. The predicted octanol–water partition coefficient (Wildman–Crippen LogP) is 3.17. The molecule has 1 fully saturated rings. The van der Waals surface area contributed by atoms with Gasteiger partial charge >= 0.3 is 0 Å². The molecule has 2 aromatic rings. The second-order valence-electron chi connectivity index (χ2n) is 5.87. The smallest absolute Gasteiger partial charge is 0.163 e. The summed E-state index contributed by atoms with van der Waals surface area (Å²) in [6.45, 7) is 2.25. The van der Waals surface area contributed by atoms with Gasteiger partial charge in [-0.3, -0.25) is 0 Å². The molecule has 0 unspecified atom stereocenters. The molecule has 110 valence electrons. The Morgan fingerprint density at radius 2 is 1.71 bits per heavy atom. The van der Waals surface area contributed by atoms with Gasteiger partial charge in [0.1, 0.15) is 11.6 Å². The minimum atomic E-state index is 0.119. The lowest BCUT2D eigenvalue weighted by Gasteiger charge is -2.26. The topological polar surface area (TPSA) is 75.9 Å². The summed E-state index contributed by atoms with van der Waals surface area (Å²) in [7, 11) is 0. The predicted molar refractivity (Wildman–Crippen MR) is 85.8 cm³/mol. The molecule has 1 heterocycles. The average molecular weight is 283 g/mol. The van der Waals surface area contributed by atoms with Gasteiger partial charge in [0.2, 0.25) is 0 Å². The van der Waals surface area contributed by atoms with E-state index in [-0.39, 0.29) is 5.54 Å². The molecule has 0 saturated heterocycles. The van der Waals surface area contributed by atoms with Crippen LogP contribution in [0.4, 0.5) is 11.6 Å². The quantitative estimate of drug-likeness (QED) is 0.593. The summed E-state index contributed by atoms with van der Waals surface area (Å²) in [5, 5.41) is 3.56. The number of hydrogen-bond acceptors (Lipinski definition) is 5. The van der Waals surface area contributed by atoms with Crippen LogP contribution in [0.15, 0.2) is 36.4 Å². The van der Waals surface area contributed by atoms with Crippen LogP contribution in [0.1, 0.15) is 32.6 Å². The van der Waals surface area contributed by atoms with Crippen LogP contribution in [0.25, 0.3) is 11.4 Å². The highest BCUT2D eigenvalue weighted by Gasteiger charge is 2.28. The highest BCUT2D eigenvalue weighted by molar-refractivity contribution is 5.61. The number of nitrogens with zero attached hydrogens (tertiary/aromatic N) is 2. The number of benzene rings is 1. The fourth-order valence-electron chi connectivity index (χ4n) is 2.89. The molecule has 1 aliphatic rings. The summed E-state index contributed by atoms with van der Waals surface area (Å²) >= 11 is 0. The van der Waals surface area contributed by atoms with Crippen molar-refractivity contribution in [1.82, 2.24) is 9.97 Å². The molecule has 5 heteroatoms. The molecule has 1 aliphatic carbocycles. The summed E-state index contributed by atoms with van der Waals surface area (Å²) in [5.74, 6) is 7.65. The number of nitrogen functional groups attached to an aromatic ring is 1. The zero-order valence-electron chi connectivity index (χ0n) is 12.3. The molecule has 4 N–H and O–H groups in total. The van der Waals surface area contributed by atoms with Gasteiger partial charge in [0.15, 0.2) is 5.82 Å². The van der Waals surface area contributed by atoms with Gasteiger partial charge in [-0.1, -0.05) is 43.2 Å². The second-order valence-corrected chi connectivity index (χ2v) is 5.87. The maximum absolute atomic E-state index is 5.54. The van der Waals surface area contributed by atoms with Crippen molar-refractivity contribution >= 4 is 11.6 Å².